The molecule has 1 heterocycles. The van der Waals surface area contributed by atoms with E-state index >= 15 is 0 Å². The van der Waals surface area contributed by atoms with Crippen LogP contribution in [-0.2, 0) is 16.6 Å². The molecule has 7 heteroatoms. The molecule has 0 amide bonds. The monoisotopic (exact) mass is 309 g/mol. The van der Waals surface area contributed by atoms with Crippen LogP contribution in [0.5, 0.6) is 0 Å². The van der Waals surface area contributed by atoms with Crippen molar-refractivity contribution in [2.24, 2.45) is 0 Å². The van der Waals surface area contributed by atoms with Crippen LogP contribution in [0.2, 0.25) is 0 Å². The average Bonchev–Trinajstić information content (AvgIpc) is 2.79. The number of aryl methyl sites for hydroxylation is 3. The molecule has 0 radical (unpaired) electrons. The van der Waals surface area contributed by atoms with Gasteiger partial charge in [0.25, 0.3) is 0 Å². The molecule has 2 aromatic rings. The number of aromatic nitrogens is 1. The molecule has 0 fully saturated rings. The van der Waals surface area contributed by atoms with Crippen LogP contribution in [0.3, 0.4) is 0 Å². The summed E-state index contributed by atoms with van der Waals surface area (Å²) >= 11 is 0. The van der Waals surface area contributed by atoms with Crippen molar-refractivity contribution in [3.05, 3.63) is 40.6 Å². The molecule has 3 N–H and O–H groups in total. The SMILES string of the molecule is Cc1cnc(CNS(=O)(=O)c2c(C)cc(C)c(N)c2C)o1. The maximum absolute atomic E-state index is 12.5. The van der Waals surface area contributed by atoms with Gasteiger partial charge in [0.1, 0.15) is 5.76 Å². The molecule has 2 rings (SSSR count). The van der Waals surface area contributed by atoms with Crippen LogP contribution < -0.4 is 10.5 Å². The highest BCUT2D eigenvalue weighted by molar-refractivity contribution is 7.89. The van der Waals surface area contributed by atoms with Gasteiger partial charge in [-0.3, -0.25) is 0 Å². The Bertz CT molecular complexity index is 779. The zero-order valence-electron chi connectivity index (χ0n) is 12.5. The van der Waals surface area contributed by atoms with E-state index < -0.39 is 10.0 Å². The Labute approximate surface area is 124 Å². The van der Waals surface area contributed by atoms with Crippen LogP contribution in [0.4, 0.5) is 5.69 Å². The average molecular weight is 309 g/mol. The van der Waals surface area contributed by atoms with Gasteiger partial charge < -0.3 is 10.2 Å². The number of nitrogens with one attached hydrogen (secondary N) is 1. The molecular weight excluding hydrogens is 290 g/mol. The van der Waals surface area contributed by atoms with E-state index in [0.717, 1.165) is 5.56 Å². The lowest BCUT2D eigenvalue weighted by Crippen LogP contribution is -2.25. The lowest BCUT2D eigenvalue weighted by molar-refractivity contribution is 0.463. The van der Waals surface area contributed by atoms with Crippen LogP contribution in [0.15, 0.2) is 21.6 Å². The lowest BCUT2D eigenvalue weighted by atomic mass is 10.1. The highest BCUT2D eigenvalue weighted by atomic mass is 32.2. The molecular formula is C14H19N3O3S. The molecule has 0 aliphatic rings. The van der Waals surface area contributed by atoms with E-state index in [9.17, 15) is 8.42 Å². The minimum atomic E-state index is -3.68. The molecule has 0 atom stereocenters. The molecule has 0 saturated carbocycles. The summed E-state index contributed by atoms with van der Waals surface area (Å²) in [5.41, 5.74) is 8.52. The summed E-state index contributed by atoms with van der Waals surface area (Å²) < 4.78 is 32.7. The molecule has 1 aromatic heterocycles. The van der Waals surface area contributed by atoms with Crippen molar-refractivity contribution < 1.29 is 12.8 Å². The van der Waals surface area contributed by atoms with Gasteiger partial charge in [-0.1, -0.05) is 6.07 Å². The van der Waals surface area contributed by atoms with E-state index in [1.807, 2.05) is 6.92 Å². The number of hydrogen-bond donors (Lipinski definition) is 2. The van der Waals surface area contributed by atoms with Crippen molar-refractivity contribution >= 4 is 15.7 Å². The third-order valence-corrected chi connectivity index (χ3v) is 5.00. The highest BCUT2D eigenvalue weighted by Crippen LogP contribution is 2.27. The minimum absolute atomic E-state index is 0.00281. The molecule has 114 valence electrons. The predicted molar refractivity (Wildman–Crippen MR) is 80.3 cm³/mol. The maximum Gasteiger partial charge on any atom is 0.241 e. The van der Waals surface area contributed by atoms with Crippen LogP contribution >= 0.6 is 0 Å². The number of nitrogen functional groups attached to an aromatic ring is 1. The summed E-state index contributed by atoms with van der Waals surface area (Å²) in [6, 6.07) is 1.77. The van der Waals surface area contributed by atoms with Crippen molar-refractivity contribution in [3.8, 4) is 0 Å². The fourth-order valence-corrected chi connectivity index (χ4v) is 3.76. The molecule has 0 saturated heterocycles. The quantitative estimate of drug-likeness (QED) is 0.841. The standard InChI is InChI=1S/C14H19N3O3S/c1-8-5-9(2)14(11(4)13(8)15)21(18,19)17-7-12-16-6-10(3)20-12/h5-6,17H,7,15H2,1-4H3. The number of sulfonamides is 1. The van der Waals surface area contributed by atoms with E-state index in [-0.39, 0.29) is 11.4 Å². The molecule has 0 aliphatic carbocycles. The fraction of sp³-hybridized carbons (Fsp3) is 0.357. The second-order valence-electron chi connectivity index (χ2n) is 5.07. The van der Waals surface area contributed by atoms with Gasteiger partial charge in [0, 0.05) is 5.69 Å². The van der Waals surface area contributed by atoms with Gasteiger partial charge in [0.2, 0.25) is 15.9 Å². The van der Waals surface area contributed by atoms with Crippen LogP contribution in [0.25, 0.3) is 0 Å². The molecule has 6 nitrogen and oxygen atoms in total. The van der Waals surface area contributed by atoms with Crippen LogP contribution in [0.1, 0.15) is 28.3 Å². The van der Waals surface area contributed by atoms with E-state index in [4.69, 9.17) is 10.2 Å². The van der Waals surface area contributed by atoms with Crippen LogP contribution in [-0.4, -0.2) is 13.4 Å². The largest absolute Gasteiger partial charge is 0.445 e. The highest BCUT2D eigenvalue weighted by Gasteiger charge is 2.22. The first-order chi connectivity index (χ1) is 9.72. The Morgan fingerprint density at radius 3 is 2.48 bits per heavy atom. The van der Waals surface area contributed by atoms with Crippen LogP contribution in [0, 0.1) is 27.7 Å². The van der Waals surface area contributed by atoms with E-state index in [0.29, 0.717) is 28.5 Å². The molecule has 21 heavy (non-hydrogen) atoms. The Kier molecular flexibility index (Phi) is 4.06. The Morgan fingerprint density at radius 2 is 1.90 bits per heavy atom. The Hall–Kier alpha value is -1.86. The zero-order chi connectivity index (χ0) is 15.8. The normalized spacial score (nSPS) is 11.8. The van der Waals surface area contributed by atoms with Gasteiger partial charge in [-0.25, -0.2) is 18.1 Å². The second kappa shape index (κ2) is 5.50. The van der Waals surface area contributed by atoms with Gasteiger partial charge in [-0.05, 0) is 44.4 Å². The minimum Gasteiger partial charge on any atom is -0.445 e. The van der Waals surface area contributed by atoms with Crippen molar-refractivity contribution in [3.63, 3.8) is 0 Å². The van der Waals surface area contributed by atoms with Gasteiger partial charge in [-0.15, -0.1) is 0 Å². The summed E-state index contributed by atoms with van der Waals surface area (Å²) in [6.07, 6.45) is 1.55. The molecule has 1 aromatic carbocycles. The van der Waals surface area contributed by atoms with Gasteiger partial charge in [-0.2, -0.15) is 0 Å². The third-order valence-electron chi connectivity index (χ3n) is 3.31. The number of anilines is 1. The molecule has 0 bridgehead atoms. The summed E-state index contributed by atoms with van der Waals surface area (Å²) in [5, 5.41) is 0. The Balaban J connectivity index is 2.34. The van der Waals surface area contributed by atoms with Crippen molar-refractivity contribution in [1.82, 2.24) is 9.71 Å². The number of benzene rings is 1. The van der Waals surface area contributed by atoms with Gasteiger partial charge in [0.05, 0.1) is 17.6 Å². The summed E-state index contributed by atoms with van der Waals surface area (Å²) in [7, 11) is -3.68. The second-order valence-corrected chi connectivity index (χ2v) is 6.77. The Morgan fingerprint density at radius 1 is 1.24 bits per heavy atom. The van der Waals surface area contributed by atoms with Crippen molar-refractivity contribution in [1.29, 1.82) is 0 Å². The lowest BCUT2D eigenvalue weighted by Gasteiger charge is -2.15. The first-order valence-corrected chi connectivity index (χ1v) is 7.98. The maximum atomic E-state index is 12.5. The summed E-state index contributed by atoms with van der Waals surface area (Å²) in [4.78, 5) is 4.19. The number of oxazole rings is 1. The van der Waals surface area contributed by atoms with E-state index in [1.165, 1.54) is 0 Å². The smallest absolute Gasteiger partial charge is 0.241 e. The predicted octanol–water partition coefficient (Wildman–Crippen LogP) is 1.97. The first kappa shape index (κ1) is 15.5. The topological polar surface area (TPSA) is 98.2 Å². The number of rotatable bonds is 4. The van der Waals surface area contributed by atoms with Crippen molar-refractivity contribution in [2.45, 2.75) is 39.1 Å². The zero-order valence-corrected chi connectivity index (χ0v) is 13.3. The van der Waals surface area contributed by atoms with Crippen molar-refractivity contribution in [2.75, 3.05) is 5.73 Å². The molecule has 0 spiro atoms. The summed E-state index contributed by atoms with van der Waals surface area (Å²) in [6.45, 7) is 7.07. The number of nitrogens with zero attached hydrogens (tertiary/aromatic N) is 1. The first-order valence-electron chi connectivity index (χ1n) is 6.49. The number of nitrogens with two attached hydrogens (primary N) is 1. The van der Waals surface area contributed by atoms with Gasteiger partial charge >= 0.3 is 0 Å². The van der Waals surface area contributed by atoms with E-state index in [2.05, 4.69) is 9.71 Å². The fourth-order valence-electron chi connectivity index (χ4n) is 2.31. The number of hydrogen-bond acceptors (Lipinski definition) is 5. The van der Waals surface area contributed by atoms with E-state index in [1.54, 1.807) is 33.0 Å². The molecule has 0 unspecified atom stereocenters. The summed E-state index contributed by atoms with van der Waals surface area (Å²) in [5.74, 6) is 0.961. The third kappa shape index (κ3) is 3.08. The molecule has 0 aliphatic heterocycles. The van der Waals surface area contributed by atoms with Gasteiger partial charge in [0.15, 0.2) is 0 Å².